The molecule has 1 aromatic rings. The van der Waals surface area contributed by atoms with Crippen LogP contribution in [-0.2, 0) is 0 Å². The second-order valence-electron chi connectivity index (χ2n) is 5.96. The predicted molar refractivity (Wildman–Crippen MR) is 80.8 cm³/mol. The van der Waals surface area contributed by atoms with E-state index in [1.54, 1.807) is 7.11 Å². The van der Waals surface area contributed by atoms with Gasteiger partial charge in [0.2, 0.25) is 0 Å². The van der Waals surface area contributed by atoms with E-state index in [1.807, 2.05) is 0 Å². The van der Waals surface area contributed by atoms with Crippen molar-refractivity contribution < 1.29 is 4.74 Å². The second-order valence-corrected chi connectivity index (χ2v) is 5.96. The molecule has 0 saturated heterocycles. The van der Waals surface area contributed by atoms with Gasteiger partial charge in [0.05, 0.1) is 7.11 Å². The van der Waals surface area contributed by atoms with Crippen LogP contribution in [-0.4, -0.2) is 19.7 Å². The van der Waals surface area contributed by atoms with Crippen molar-refractivity contribution in [3.05, 3.63) is 29.8 Å². The summed E-state index contributed by atoms with van der Waals surface area (Å²) in [4.78, 5) is 0. The third-order valence-electron chi connectivity index (χ3n) is 4.24. The molecule has 1 aromatic carbocycles. The van der Waals surface area contributed by atoms with Crippen LogP contribution in [0.4, 0.5) is 0 Å². The molecule has 2 nitrogen and oxygen atoms in total. The summed E-state index contributed by atoms with van der Waals surface area (Å²) in [6, 6.07) is 9.11. The molecule has 0 aromatic heterocycles. The normalized spacial score (nSPS) is 23.6. The molecule has 1 N–H and O–H groups in total. The number of hydrogen-bond acceptors (Lipinski definition) is 2. The molecule has 0 amide bonds. The van der Waals surface area contributed by atoms with E-state index in [4.69, 9.17) is 4.74 Å². The fraction of sp³-hybridized carbons (Fsp3) is 0.647. The molecular weight excluding hydrogens is 234 g/mol. The van der Waals surface area contributed by atoms with Crippen molar-refractivity contribution in [1.82, 2.24) is 5.32 Å². The predicted octanol–water partition coefficient (Wildman–Crippen LogP) is 3.97. The highest BCUT2D eigenvalue weighted by molar-refractivity contribution is 5.37. The van der Waals surface area contributed by atoms with Gasteiger partial charge in [-0.3, -0.25) is 0 Å². The first-order valence-electron chi connectivity index (χ1n) is 7.58. The number of nitrogens with one attached hydrogen (secondary N) is 1. The van der Waals surface area contributed by atoms with Crippen molar-refractivity contribution in [2.75, 3.05) is 13.7 Å². The van der Waals surface area contributed by atoms with Gasteiger partial charge in [0.25, 0.3) is 0 Å². The highest BCUT2D eigenvalue weighted by atomic mass is 16.5. The Labute approximate surface area is 117 Å². The molecule has 2 unspecified atom stereocenters. The molecule has 1 saturated carbocycles. The van der Waals surface area contributed by atoms with E-state index in [2.05, 4.69) is 43.4 Å². The monoisotopic (exact) mass is 261 g/mol. The van der Waals surface area contributed by atoms with Crippen molar-refractivity contribution in [3.63, 3.8) is 0 Å². The molecule has 0 bridgehead atoms. The molecule has 0 heterocycles. The maximum Gasteiger partial charge on any atom is 0.122 e. The fourth-order valence-electron chi connectivity index (χ4n) is 3.22. The number of benzene rings is 1. The van der Waals surface area contributed by atoms with Crippen LogP contribution in [0.5, 0.6) is 5.75 Å². The highest BCUT2D eigenvalue weighted by Crippen LogP contribution is 2.41. The third-order valence-corrected chi connectivity index (χ3v) is 4.24. The van der Waals surface area contributed by atoms with E-state index >= 15 is 0 Å². The standard InChI is InChI=1S/C17H27NO/c1-13(2)18-12-14-8-4-5-9-15(14)16-10-6-7-11-17(16)19-3/h6-7,10-11,13-15,18H,4-5,8-9,12H2,1-3H3. The van der Waals surface area contributed by atoms with Gasteiger partial charge in [0.15, 0.2) is 0 Å². The van der Waals surface area contributed by atoms with E-state index in [-0.39, 0.29) is 0 Å². The minimum atomic E-state index is 0.570. The van der Waals surface area contributed by atoms with Gasteiger partial charge in [-0.25, -0.2) is 0 Å². The van der Waals surface area contributed by atoms with Gasteiger partial charge >= 0.3 is 0 Å². The average Bonchev–Trinajstić information content (AvgIpc) is 2.45. The minimum absolute atomic E-state index is 0.570. The Balaban J connectivity index is 2.14. The largest absolute Gasteiger partial charge is 0.496 e. The summed E-state index contributed by atoms with van der Waals surface area (Å²) in [5, 5.41) is 3.61. The quantitative estimate of drug-likeness (QED) is 0.866. The molecule has 106 valence electrons. The zero-order chi connectivity index (χ0) is 13.7. The van der Waals surface area contributed by atoms with Crippen LogP contribution in [0.3, 0.4) is 0 Å². The van der Waals surface area contributed by atoms with E-state index in [0.717, 1.165) is 18.2 Å². The smallest absolute Gasteiger partial charge is 0.122 e. The molecule has 2 atom stereocenters. The molecule has 2 rings (SSSR count). The first-order valence-corrected chi connectivity index (χ1v) is 7.58. The van der Waals surface area contributed by atoms with Crippen LogP contribution in [0.15, 0.2) is 24.3 Å². The summed E-state index contributed by atoms with van der Waals surface area (Å²) < 4.78 is 5.55. The SMILES string of the molecule is COc1ccccc1C1CCCCC1CNC(C)C. The van der Waals surface area contributed by atoms with Gasteiger partial charge in [-0.05, 0) is 42.9 Å². The molecule has 1 aliphatic carbocycles. The highest BCUT2D eigenvalue weighted by Gasteiger charge is 2.28. The van der Waals surface area contributed by atoms with Gasteiger partial charge in [0.1, 0.15) is 5.75 Å². The lowest BCUT2D eigenvalue weighted by atomic mass is 9.75. The Morgan fingerprint density at radius 3 is 2.68 bits per heavy atom. The molecule has 2 heteroatoms. The molecular formula is C17H27NO. The average molecular weight is 261 g/mol. The Hall–Kier alpha value is -1.02. The zero-order valence-corrected chi connectivity index (χ0v) is 12.5. The molecule has 1 fully saturated rings. The lowest BCUT2D eigenvalue weighted by Crippen LogP contribution is -2.33. The summed E-state index contributed by atoms with van der Waals surface area (Å²) in [5.74, 6) is 2.45. The van der Waals surface area contributed by atoms with Gasteiger partial charge in [-0.1, -0.05) is 44.9 Å². The fourth-order valence-corrected chi connectivity index (χ4v) is 3.22. The minimum Gasteiger partial charge on any atom is -0.496 e. The van der Waals surface area contributed by atoms with Crippen LogP contribution >= 0.6 is 0 Å². The number of hydrogen-bond donors (Lipinski definition) is 1. The van der Waals surface area contributed by atoms with E-state index < -0.39 is 0 Å². The first-order chi connectivity index (χ1) is 9.22. The molecule has 0 aliphatic heterocycles. The van der Waals surface area contributed by atoms with Crippen molar-refractivity contribution in [2.24, 2.45) is 5.92 Å². The molecule has 0 radical (unpaired) electrons. The van der Waals surface area contributed by atoms with Crippen molar-refractivity contribution in [3.8, 4) is 5.75 Å². The maximum absolute atomic E-state index is 5.55. The Morgan fingerprint density at radius 1 is 1.21 bits per heavy atom. The Bertz CT molecular complexity index is 389. The maximum atomic E-state index is 5.55. The van der Waals surface area contributed by atoms with E-state index in [9.17, 15) is 0 Å². The van der Waals surface area contributed by atoms with Crippen LogP contribution < -0.4 is 10.1 Å². The summed E-state index contributed by atoms with van der Waals surface area (Å²) in [6.07, 6.45) is 5.35. The van der Waals surface area contributed by atoms with Gasteiger partial charge in [-0.15, -0.1) is 0 Å². The van der Waals surface area contributed by atoms with Crippen molar-refractivity contribution in [1.29, 1.82) is 0 Å². The van der Waals surface area contributed by atoms with Gasteiger partial charge in [0, 0.05) is 6.04 Å². The third kappa shape index (κ3) is 3.73. The van der Waals surface area contributed by atoms with Crippen LogP contribution in [0.1, 0.15) is 51.0 Å². The summed E-state index contributed by atoms with van der Waals surface area (Å²) >= 11 is 0. The lowest BCUT2D eigenvalue weighted by Gasteiger charge is -2.33. The number of para-hydroxylation sites is 1. The van der Waals surface area contributed by atoms with Crippen LogP contribution in [0.25, 0.3) is 0 Å². The van der Waals surface area contributed by atoms with Gasteiger partial charge in [-0.2, -0.15) is 0 Å². The molecule has 0 spiro atoms. The van der Waals surface area contributed by atoms with Crippen LogP contribution in [0.2, 0.25) is 0 Å². The van der Waals surface area contributed by atoms with Crippen molar-refractivity contribution >= 4 is 0 Å². The van der Waals surface area contributed by atoms with E-state index in [0.29, 0.717) is 12.0 Å². The summed E-state index contributed by atoms with van der Waals surface area (Å²) in [5.41, 5.74) is 1.40. The van der Waals surface area contributed by atoms with Crippen molar-refractivity contribution in [2.45, 2.75) is 51.5 Å². The van der Waals surface area contributed by atoms with E-state index in [1.165, 1.54) is 31.2 Å². The Kier molecular flexibility index (Phi) is 5.26. The second kappa shape index (κ2) is 6.95. The topological polar surface area (TPSA) is 21.3 Å². The summed E-state index contributed by atoms with van der Waals surface area (Å²) in [6.45, 7) is 5.57. The zero-order valence-electron chi connectivity index (χ0n) is 12.5. The number of rotatable bonds is 5. The summed E-state index contributed by atoms with van der Waals surface area (Å²) in [7, 11) is 1.78. The molecule has 19 heavy (non-hydrogen) atoms. The number of methoxy groups -OCH3 is 1. The number of ether oxygens (including phenoxy) is 1. The first kappa shape index (κ1) is 14.4. The van der Waals surface area contributed by atoms with Gasteiger partial charge < -0.3 is 10.1 Å². The Morgan fingerprint density at radius 2 is 1.95 bits per heavy atom. The van der Waals surface area contributed by atoms with Crippen LogP contribution in [0, 0.1) is 5.92 Å². The lowest BCUT2D eigenvalue weighted by molar-refractivity contribution is 0.282. The molecule has 1 aliphatic rings.